The van der Waals surface area contributed by atoms with Crippen LogP contribution in [0.3, 0.4) is 0 Å². The number of hydrogen-bond acceptors (Lipinski definition) is 7. The van der Waals surface area contributed by atoms with Crippen molar-refractivity contribution >= 4 is 46.7 Å². The number of ketones is 1. The number of thiophene rings is 1. The standard InChI is InChI=1S/C37H53N5O6S/c1-7-18-38-33(46)28(43)25(21-23-13-14-23)39-32(45)27-24(22(2)3)15-19-41(27)35(48)30(36(4,5)6)42-34(47)29(37(42)16-9-8-10-17-37)40-31(44)26-12-11-20-49-26/h7,11-12,20,22-25,27,29-30H,1,8-10,13-19,21H2,2-6H3,(H,38,46)(H,39,45)(H,40,44)/t24-,25?,27+,29-,30-/m1/s1. The van der Waals surface area contributed by atoms with Crippen molar-refractivity contribution in [1.29, 1.82) is 0 Å². The molecule has 11 nitrogen and oxygen atoms in total. The number of rotatable bonds is 13. The quantitative estimate of drug-likeness (QED) is 0.163. The highest BCUT2D eigenvalue weighted by Gasteiger charge is 2.65. The average Bonchev–Trinajstić information content (AvgIpc) is 3.50. The van der Waals surface area contributed by atoms with Gasteiger partial charge in [-0.05, 0) is 60.3 Å². The second-order valence-electron chi connectivity index (χ2n) is 15.8. The minimum atomic E-state index is -0.997. The van der Waals surface area contributed by atoms with Gasteiger partial charge in [-0.3, -0.25) is 28.8 Å². The van der Waals surface area contributed by atoms with Gasteiger partial charge in [0, 0.05) is 13.1 Å². The van der Waals surface area contributed by atoms with E-state index in [-0.39, 0.29) is 42.0 Å². The molecule has 2 aliphatic carbocycles. The Labute approximate surface area is 294 Å². The van der Waals surface area contributed by atoms with E-state index in [1.165, 1.54) is 17.4 Å². The molecule has 0 radical (unpaired) electrons. The summed E-state index contributed by atoms with van der Waals surface area (Å²) >= 11 is 1.32. The zero-order valence-corrected chi connectivity index (χ0v) is 30.4. The van der Waals surface area contributed by atoms with Crippen LogP contribution in [0.4, 0.5) is 0 Å². The monoisotopic (exact) mass is 695 g/mol. The normalized spacial score (nSPS) is 24.6. The van der Waals surface area contributed by atoms with Crippen LogP contribution in [0.25, 0.3) is 0 Å². The Bertz CT molecular complexity index is 1440. The van der Waals surface area contributed by atoms with E-state index in [1.54, 1.807) is 21.9 Å². The predicted molar refractivity (Wildman–Crippen MR) is 187 cm³/mol. The van der Waals surface area contributed by atoms with Crippen LogP contribution in [0.2, 0.25) is 0 Å². The first-order valence-electron chi connectivity index (χ1n) is 17.9. The maximum absolute atomic E-state index is 15.0. The lowest BCUT2D eigenvalue weighted by atomic mass is 9.65. The summed E-state index contributed by atoms with van der Waals surface area (Å²) in [5.74, 6) is -2.65. The molecule has 0 aromatic carbocycles. The number of likely N-dealkylation sites (tertiary alicyclic amines) is 2. The van der Waals surface area contributed by atoms with Gasteiger partial charge in [0.2, 0.25) is 23.5 Å². The highest BCUT2D eigenvalue weighted by atomic mass is 32.1. The first-order valence-corrected chi connectivity index (χ1v) is 18.8. The lowest BCUT2D eigenvalue weighted by Crippen LogP contribution is -2.83. The van der Waals surface area contributed by atoms with Gasteiger partial charge in [-0.1, -0.05) is 78.9 Å². The van der Waals surface area contributed by atoms with E-state index >= 15 is 0 Å². The van der Waals surface area contributed by atoms with Crippen molar-refractivity contribution in [1.82, 2.24) is 25.8 Å². The van der Waals surface area contributed by atoms with Crippen LogP contribution in [0.5, 0.6) is 0 Å². The summed E-state index contributed by atoms with van der Waals surface area (Å²) in [6, 6.07) is 0.0644. The number of nitrogens with one attached hydrogen (secondary N) is 3. The molecule has 0 bridgehead atoms. The zero-order chi connectivity index (χ0) is 35.7. The fourth-order valence-electron chi connectivity index (χ4n) is 8.25. The molecule has 1 unspecified atom stereocenters. The molecule has 5 atom stereocenters. The summed E-state index contributed by atoms with van der Waals surface area (Å²) in [6.45, 7) is 13.9. The van der Waals surface area contributed by atoms with Gasteiger partial charge in [0.15, 0.2) is 0 Å². The molecule has 2 saturated heterocycles. The van der Waals surface area contributed by atoms with Crippen molar-refractivity contribution in [3.63, 3.8) is 0 Å². The van der Waals surface area contributed by atoms with Crippen LogP contribution in [0.15, 0.2) is 30.2 Å². The number of carbonyl (C=O) groups is 6. The van der Waals surface area contributed by atoms with Crippen LogP contribution < -0.4 is 16.0 Å². The molecule has 2 saturated carbocycles. The number of hydrogen-bond donors (Lipinski definition) is 3. The lowest BCUT2D eigenvalue weighted by molar-refractivity contribution is -0.187. The van der Waals surface area contributed by atoms with Gasteiger partial charge in [-0.2, -0.15) is 0 Å². The summed E-state index contributed by atoms with van der Waals surface area (Å²) in [5, 5.41) is 10.3. The summed E-state index contributed by atoms with van der Waals surface area (Å²) in [6.07, 6.45) is 8.43. The maximum Gasteiger partial charge on any atom is 0.289 e. The fourth-order valence-corrected chi connectivity index (χ4v) is 8.88. The van der Waals surface area contributed by atoms with Crippen molar-refractivity contribution in [3.8, 4) is 0 Å². The number of carbonyl (C=O) groups excluding carboxylic acids is 6. The fraction of sp³-hybridized carbons (Fsp3) is 0.676. The number of nitrogens with zero attached hydrogens (tertiary/aromatic N) is 2. The molecule has 4 fully saturated rings. The van der Waals surface area contributed by atoms with Gasteiger partial charge in [-0.15, -0.1) is 17.9 Å². The molecule has 49 heavy (non-hydrogen) atoms. The Morgan fingerprint density at radius 3 is 2.35 bits per heavy atom. The molecule has 5 rings (SSSR count). The van der Waals surface area contributed by atoms with Gasteiger partial charge < -0.3 is 25.8 Å². The van der Waals surface area contributed by atoms with Gasteiger partial charge in [0.25, 0.3) is 11.8 Å². The molecular formula is C37H53N5O6S. The summed E-state index contributed by atoms with van der Waals surface area (Å²) in [7, 11) is 0. The van der Waals surface area contributed by atoms with Gasteiger partial charge in [0.05, 0.1) is 16.5 Å². The van der Waals surface area contributed by atoms with Crippen LogP contribution in [0.1, 0.15) is 102 Å². The SMILES string of the molecule is C=CCNC(=O)C(=O)C(CC1CC1)NC(=O)[C@@H]1[C@@H](C(C)C)CCN1C(=O)[C@@H](N1C(=O)[C@@H](NC(=O)c2cccs2)C12CCCCC2)C(C)(C)C. The van der Waals surface area contributed by atoms with E-state index in [0.29, 0.717) is 37.1 Å². The molecule has 1 aromatic heterocycles. The first kappa shape index (κ1) is 36.7. The zero-order valence-electron chi connectivity index (χ0n) is 29.6. The Balaban J connectivity index is 1.43. The second kappa shape index (κ2) is 14.7. The topological polar surface area (TPSA) is 145 Å². The van der Waals surface area contributed by atoms with E-state index in [9.17, 15) is 28.8 Å². The molecule has 3 N–H and O–H groups in total. The molecule has 1 spiro atoms. The van der Waals surface area contributed by atoms with Gasteiger partial charge in [0.1, 0.15) is 18.1 Å². The van der Waals surface area contributed by atoms with Crippen LogP contribution in [0, 0.1) is 23.2 Å². The molecule has 268 valence electrons. The van der Waals surface area contributed by atoms with Crippen molar-refractivity contribution in [2.24, 2.45) is 23.2 Å². The molecular weight excluding hydrogens is 643 g/mol. The molecule has 5 amide bonds. The molecule has 3 heterocycles. The van der Waals surface area contributed by atoms with Gasteiger partial charge >= 0.3 is 0 Å². The second-order valence-corrected chi connectivity index (χ2v) is 16.7. The molecule has 2 aliphatic heterocycles. The van der Waals surface area contributed by atoms with E-state index in [4.69, 9.17) is 0 Å². The lowest BCUT2D eigenvalue weighted by Gasteiger charge is -2.63. The van der Waals surface area contributed by atoms with Crippen LogP contribution in [-0.2, 0) is 24.0 Å². The minimum absolute atomic E-state index is 0.0577. The van der Waals surface area contributed by atoms with E-state index in [1.807, 2.05) is 40.0 Å². The van der Waals surface area contributed by atoms with E-state index in [2.05, 4.69) is 22.5 Å². The highest BCUT2D eigenvalue weighted by Crippen LogP contribution is 2.49. The minimum Gasteiger partial charge on any atom is -0.346 e. The highest BCUT2D eigenvalue weighted by molar-refractivity contribution is 7.12. The average molecular weight is 696 g/mol. The summed E-state index contributed by atoms with van der Waals surface area (Å²) in [5.41, 5.74) is -1.39. The third-order valence-corrected chi connectivity index (χ3v) is 11.8. The van der Waals surface area contributed by atoms with E-state index < -0.39 is 52.7 Å². The number of β-lactam (4-membered cyclic amide) rings is 1. The van der Waals surface area contributed by atoms with E-state index in [0.717, 1.165) is 32.1 Å². The van der Waals surface area contributed by atoms with Crippen molar-refractivity contribution in [2.45, 2.75) is 122 Å². The van der Waals surface area contributed by atoms with Gasteiger partial charge in [-0.25, -0.2) is 0 Å². The third kappa shape index (κ3) is 7.49. The van der Waals surface area contributed by atoms with Crippen LogP contribution >= 0.6 is 11.3 Å². The maximum atomic E-state index is 15.0. The largest absolute Gasteiger partial charge is 0.346 e. The summed E-state index contributed by atoms with van der Waals surface area (Å²) in [4.78, 5) is 86.4. The van der Waals surface area contributed by atoms with Crippen molar-refractivity contribution in [3.05, 3.63) is 35.0 Å². The number of Topliss-reactive ketones (excluding diaryl/α,β-unsaturated/α-hetero) is 1. The summed E-state index contributed by atoms with van der Waals surface area (Å²) < 4.78 is 0. The predicted octanol–water partition coefficient (Wildman–Crippen LogP) is 3.84. The molecule has 1 aromatic rings. The smallest absolute Gasteiger partial charge is 0.289 e. The Morgan fingerprint density at radius 2 is 1.78 bits per heavy atom. The molecule has 4 aliphatic rings. The third-order valence-electron chi connectivity index (χ3n) is 10.9. The Kier molecular flexibility index (Phi) is 11.1. The Hall–Kier alpha value is -3.54. The number of amides is 5. The van der Waals surface area contributed by atoms with Crippen molar-refractivity contribution in [2.75, 3.05) is 13.1 Å². The first-order chi connectivity index (χ1) is 23.2. The van der Waals surface area contributed by atoms with Crippen molar-refractivity contribution < 1.29 is 28.8 Å². The molecule has 12 heteroatoms. The van der Waals surface area contributed by atoms with Crippen LogP contribution in [-0.4, -0.2) is 87.9 Å². The Morgan fingerprint density at radius 1 is 1.08 bits per heavy atom.